The number of benzene rings is 1. The fourth-order valence-electron chi connectivity index (χ4n) is 2.05. The largest absolute Gasteiger partial charge is 0.354 e. The molecule has 0 saturated heterocycles. The molecule has 1 N–H and O–H groups in total. The molecule has 16 heavy (non-hydrogen) atoms. The SMILES string of the molecule is CC1CNc2nnc(-c3ccccc3)n2C1. The summed E-state index contributed by atoms with van der Waals surface area (Å²) < 4.78 is 2.16. The van der Waals surface area contributed by atoms with E-state index >= 15 is 0 Å². The van der Waals surface area contributed by atoms with E-state index in [-0.39, 0.29) is 0 Å². The minimum absolute atomic E-state index is 0.617. The third-order valence-electron chi connectivity index (χ3n) is 2.89. The third-order valence-corrected chi connectivity index (χ3v) is 2.89. The minimum Gasteiger partial charge on any atom is -0.354 e. The topological polar surface area (TPSA) is 42.7 Å². The van der Waals surface area contributed by atoms with Crippen LogP contribution in [0.25, 0.3) is 11.4 Å². The number of nitrogens with one attached hydrogen (secondary N) is 1. The van der Waals surface area contributed by atoms with E-state index in [1.54, 1.807) is 0 Å². The van der Waals surface area contributed by atoms with Crippen molar-refractivity contribution in [3.05, 3.63) is 30.3 Å². The lowest BCUT2D eigenvalue weighted by Crippen LogP contribution is -2.25. The summed E-state index contributed by atoms with van der Waals surface area (Å²) in [5.74, 6) is 2.46. The molecule has 1 unspecified atom stereocenters. The molecule has 0 spiro atoms. The first-order valence-electron chi connectivity index (χ1n) is 5.57. The first-order valence-corrected chi connectivity index (χ1v) is 5.57. The summed E-state index contributed by atoms with van der Waals surface area (Å²) in [4.78, 5) is 0. The third kappa shape index (κ3) is 1.46. The van der Waals surface area contributed by atoms with Crippen LogP contribution in [0.4, 0.5) is 5.95 Å². The fraction of sp³-hybridized carbons (Fsp3) is 0.333. The van der Waals surface area contributed by atoms with Crippen LogP contribution in [0, 0.1) is 5.92 Å². The van der Waals surface area contributed by atoms with Gasteiger partial charge in [0.1, 0.15) is 0 Å². The molecule has 4 heteroatoms. The minimum atomic E-state index is 0.617. The molecule has 0 saturated carbocycles. The van der Waals surface area contributed by atoms with Crippen molar-refractivity contribution in [2.24, 2.45) is 5.92 Å². The zero-order valence-electron chi connectivity index (χ0n) is 9.22. The number of hydrogen-bond donors (Lipinski definition) is 1. The fourth-order valence-corrected chi connectivity index (χ4v) is 2.05. The maximum Gasteiger partial charge on any atom is 0.224 e. The molecule has 1 aliphatic heterocycles. The van der Waals surface area contributed by atoms with E-state index in [9.17, 15) is 0 Å². The van der Waals surface area contributed by atoms with E-state index in [0.717, 1.165) is 30.4 Å². The second-order valence-corrected chi connectivity index (χ2v) is 4.31. The molecule has 0 radical (unpaired) electrons. The molecule has 1 aromatic heterocycles. The van der Waals surface area contributed by atoms with Gasteiger partial charge in [-0.25, -0.2) is 0 Å². The Hall–Kier alpha value is -1.84. The van der Waals surface area contributed by atoms with Gasteiger partial charge in [-0.2, -0.15) is 0 Å². The van der Waals surface area contributed by atoms with E-state index in [1.807, 2.05) is 18.2 Å². The Morgan fingerprint density at radius 2 is 2.06 bits per heavy atom. The van der Waals surface area contributed by atoms with Crippen LogP contribution in [0.15, 0.2) is 30.3 Å². The maximum atomic E-state index is 4.25. The Kier molecular flexibility index (Phi) is 2.13. The van der Waals surface area contributed by atoms with Gasteiger partial charge in [-0.1, -0.05) is 37.3 Å². The van der Waals surface area contributed by atoms with Gasteiger partial charge in [-0.05, 0) is 5.92 Å². The van der Waals surface area contributed by atoms with Crippen molar-refractivity contribution in [2.45, 2.75) is 13.5 Å². The summed E-state index contributed by atoms with van der Waals surface area (Å²) in [6.07, 6.45) is 0. The van der Waals surface area contributed by atoms with Gasteiger partial charge in [-0.15, -0.1) is 10.2 Å². The van der Waals surface area contributed by atoms with Crippen LogP contribution in [-0.2, 0) is 6.54 Å². The van der Waals surface area contributed by atoms with Gasteiger partial charge >= 0.3 is 0 Å². The molecule has 1 aliphatic rings. The highest BCUT2D eigenvalue weighted by Gasteiger charge is 2.19. The summed E-state index contributed by atoms with van der Waals surface area (Å²) in [5, 5.41) is 11.7. The Bertz CT molecular complexity index is 489. The van der Waals surface area contributed by atoms with Crippen LogP contribution in [0.1, 0.15) is 6.92 Å². The Morgan fingerprint density at radius 3 is 2.88 bits per heavy atom. The molecule has 2 heterocycles. The van der Waals surface area contributed by atoms with E-state index in [0.29, 0.717) is 5.92 Å². The number of rotatable bonds is 1. The second kappa shape index (κ2) is 3.63. The van der Waals surface area contributed by atoms with Crippen LogP contribution in [-0.4, -0.2) is 21.3 Å². The van der Waals surface area contributed by atoms with Crippen molar-refractivity contribution in [2.75, 3.05) is 11.9 Å². The van der Waals surface area contributed by atoms with Crippen molar-refractivity contribution >= 4 is 5.95 Å². The van der Waals surface area contributed by atoms with Gasteiger partial charge in [-0.3, -0.25) is 4.57 Å². The van der Waals surface area contributed by atoms with E-state index in [1.165, 1.54) is 0 Å². The lowest BCUT2D eigenvalue weighted by Gasteiger charge is -2.22. The molecule has 3 rings (SSSR count). The predicted molar refractivity (Wildman–Crippen MR) is 63.1 cm³/mol. The van der Waals surface area contributed by atoms with Gasteiger partial charge in [0.15, 0.2) is 5.82 Å². The van der Waals surface area contributed by atoms with Crippen LogP contribution in [0.2, 0.25) is 0 Å². The average molecular weight is 214 g/mol. The predicted octanol–water partition coefficient (Wildman–Crippen LogP) is 2.01. The van der Waals surface area contributed by atoms with Crippen molar-refractivity contribution in [3.63, 3.8) is 0 Å². The van der Waals surface area contributed by atoms with Crippen LogP contribution >= 0.6 is 0 Å². The highest BCUT2D eigenvalue weighted by Crippen LogP contribution is 2.24. The molecule has 2 aromatic rings. The van der Waals surface area contributed by atoms with Gasteiger partial charge in [0.25, 0.3) is 0 Å². The Balaban J connectivity index is 2.07. The molecule has 4 nitrogen and oxygen atoms in total. The number of hydrogen-bond acceptors (Lipinski definition) is 3. The van der Waals surface area contributed by atoms with Crippen LogP contribution < -0.4 is 5.32 Å². The summed E-state index contributed by atoms with van der Waals surface area (Å²) in [6, 6.07) is 10.2. The first kappa shape index (κ1) is 9.39. The van der Waals surface area contributed by atoms with Crippen molar-refractivity contribution < 1.29 is 0 Å². The highest BCUT2D eigenvalue weighted by atomic mass is 15.4. The number of aromatic nitrogens is 3. The zero-order valence-corrected chi connectivity index (χ0v) is 9.22. The van der Waals surface area contributed by atoms with Crippen LogP contribution in [0.3, 0.4) is 0 Å². The number of anilines is 1. The van der Waals surface area contributed by atoms with E-state index < -0.39 is 0 Å². The molecule has 82 valence electrons. The summed E-state index contributed by atoms with van der Waals surface area (Å²) in [5.41, 5.74) is 1.12. The van der Waals surface area contributed by atoms with Crippen molar-refractivity contribution in [1.29, 1.82) is 0 Å². The number of fused-ring (bicyclic) bond motifs is 1. The summed E-state index contributed by atoms with van der Waals surface area (Å²) in [7, 11) is 0. The van der Waals surface area contributed by atoms with Crippen molar-refractivity contribution in [3.8, 4) is 11.4 Å². The standard InChI is InChI=1S/C12H14N4/c1-9-7-13-12-15-14-11(16(12)8-9)10-5-3-2-4-6-10/h2-6,9H,7-8H2,1H3,(H,13,15). The number of nitrogens with zero attached hydrogens (tertiary/aromatic N) is 3. The second-order valence-electron chi connectivity index (χ2n) is 4.31. The first-order chi connectivity index (χ1) is 7.84. The van der Waals surface area contributed by atoms with Gasteiger partial charge in [0, 0.05) is 18.7 Å². The molecule has 0 aliphatic carbocycles. The summed E-state index contributed by atoms with van der Waals surface area (Å²) in [6.45, 7) is 4.19. The normalized spacial score (nSPS) is 18.9. The Labute approximate surface area is 94.3 Å². The molecule has 0 bridgehead atoms. The van der Waals surface area contributed by atoms with Gasteiger partial charge in [0.05, 0.1) is 0 Å². The molecule has 1 aromatic carbocycles. The zero-order chi connectivity index (χ0) is 11.0. The lowest BCUT2D eigenvalue weighted by atomic mass is 10.1. The van der Waals surface area contributed by atoms with Crippen LogP contribution in [0.5, 0.6) is 0 Å². The Morgan fingerprint density at radius 1 is 1.25 bits per heavy atom. The van der Waals surface area contributed by atoms with E-state index in [4.69, 9.17) is 0 Å². The lowest BCUT2D eigenvalue weighted by molar-refractivity contribution is 0.480. The average Bonchev–Trinajstić information content (AvgIpc) is 2.73. The smallest absolute Gasteiger partial charge is 0.224 e. The highest BCUT2D eigenvalue weighted by molar-refractivity contribution is 5.57. The molecule has 1 atom stereocenters. The van der Waals surface area contributed by atoms with Crippen molar-refractivity contribution in [1.82, 2.24) is 14.8 Å². The quantitative estimate of drug-likeness (QED) is 0.789. The molecule has 0 amide bonds. The molecular weight excluding hydrogens is 200 g/mol. The maximum absolute atomic E-state index is 4.25. The summed E-state index contributed by atoms with van der Waals surface area (Å²) >= 11 is 0. The molecular formula is C12H14N4. The van der Waals surface area contributed by atoms with Gasteiger partial charge < -0.3 is 5.32 Å². The monoisotopic (exact) mass is 214 g/mol. The van der Waals surface area contributed by atoms with E-state index in [2.05, 4.69) is 39.1 Å². The van der Waals surface area contributed by atoms with Gasteiger partial charge in [0.2, 0.25) is 5.95 Å². The molecule has 0 fully saturated rings.